The lowest BCUT2D eigenvalue weighted by Gasteiger charge is -2.33. The van der Waals surface area contributed by atoms with E-state index in [4.69, 9.17) is 5.73 Å². The molecule has 0 spiro atoms. The first-order valence-electron chi connectivity index (χ1n) is 6.43. The number of carbonyl (C=O) groups is 1. The van der Waals surface area contributed by atoms with E-state index < -0.39 is 15.4 Å². The number of hydrogen-bond donors (Lipinski definition) is 2. The molecule has 1 aromatic carbocycles. The molecule has 0 aromatic heterocycles. The molecule has 0 heterocycles. The van der Waals surface area contributed by atoms with Crippen molar-refractivity contribution in [1.82, 2.24) is 5.32 Å². The van der Waals surface area contributed by atoms with E-state index in [1.807, 2.05) is 20.8 Å². The summed E-state index contributed by atoms with van der Waals surface area (Å²) in [4.78, 5) is 12.4. The van der Waals surface area contributed by atoms with Gasteiger partial charge in [0.25, 0.3) is 5.91 Å². The molecule has 1 amide bonds. The van der Waals surface area contributed by atoms with Crippen molar-refractivity contribution in [2.75, 3.05) is 12.8 Å². The lowest BCUT2D eigenvalue weighted by Crippen LogP contribution is -2.55. The molecule has 0 saturated heterocycles. The quantitative estimate of drug-likeness (QED) is 0.856. The van der Waals surface area contributed by atoms with Gasteiger partial charge < -0.3 is 11.1 Å². The van der Waals surface area contributed by atoms with E-state index in [1.54, 1.807) is 0 Å². The number of hydrogen-bond acceptors (Lipinski definition) is 4. The standard InChI is InChI=1S/C14H22N2O3S.ClH/c1-10(2)14(3,9-15)16-13(17)11-5-7-12(8-6-11)20(4,18)19;/h5-8,10H,9,15H2,1-4H3,(H,16,17);1H. The second-order valence-electron chi connectivity index (χ2n) is 5.53. The Hall–Kier alpha value is -1.11. The van der Waals surface area contributed by atoms with Crippen LogP contribution >= 0.6 is 12.4 Å². The molecule has 3 N–H and O–H groups in total. The number of amides is 1. The predicted octanol–water partition coefficient (Wildman–Crippen LogP) is 1.62. The van der Waals surface area contributed by atoms with Gasteiger partial charge in [0.1, 0.15) is 0 Å². The van der Waals surface area contributed by atoms with E-state index in [1.165, 1.54) is 24.3 Å². The van der Waals surface area contributed by atoms with E-state index in [9.17, 15) is 13.2 Å². The number of sulfone groups is 1. The van der Waals surface area contributed by atoms with E-state index in [-0.39, 0.29) is 29.1 Å². The maximum atomic E-state index is 12.2. The highest BCUT2D eigenvalue weighted by Gasteiger charge is 2.28. The number of benzene rings is 1. The highest BCUT2D eigenvalue weighted by Crippen LogP contribution is 2.16. The fourth-order valence-corrected chi connectivity index (χ4v) is 2.25. The highest BCUT2D eigenvalue weighted by atomic mass is 35.5. The summed E-state index contributed by atoms with van der Waals surface area (Å²) in [5, 5.41) is 2.90. The molecule has 120 valence electrons. The Balaban J connectivity index is 0.00000400. The van der Waals surface area contributed by atoms with Crippen LogP contribution in [0.4, 0.5) is 0 Å². The van der Waals surface area contributed by atoms with Gasteiger partial charge in [0.05, 0.1) is 10.4 Å². The number of rotatable bonds is 5. The minimum absolute atomic E-state index is 0. The Morgan fingerprint density at radius 2 is 1.76 bits per heavy atom. The second-order valence-corrected chi connectivity index (χ2v) is 7.54. The van der Waals surface area contributed by atoms with Gasteiger partial charge in [-0.2, -0.15) is 0 Å². The van der Waals surface area contributed by atoms with Crippen LogP contribution in [0, 0.1) is 5.92 Å². The summed E-state index contributed by atoms with van der Waals surface area (Å²) in [6, 6.07) is 5.87. The predicted molar refractivity (Wildman–Crippen MR) is 86.6 cm³/mol. The van der Waals surface area contributed by atoms with Gasteiger partial charge in [-0.25, -0.2) is 8.42 Å². The van der Waals surface area contributed by atoms with Crippen LogP contribution in [0.5, 0.6) is 0 Å². The molecule has 1 rings (SSSR count). The highest BCUT2D eigenvalue weighted by molar-refractivity contribution is 7.90. The lowest BCUT2D eigenvalue weighted by atomic mass is 9.88. The van der Waals surface area contributed by atoms with Crippen LogP contribution in [-0.2, 0) is 9.84 Å². The fourth-order valence-electron chi connectivity index (χ4n) is 1.62. The number of halogens is 1. The zero-order valence-corrected chi connectivity index (χ0v) is 14.3. The average molecular weight is 335 g/mol. The van der Waals surface area contributed by atoms with Gasteiger partial charge in [0.15, 0.2) is 9.84 Å². The smallest absolute Gasteiger partial charge is 0.251 e. The molecule has 5 nitrogen and oxygen atoms in total. The van der Waals surface area contributed by atoms with Crippen molar-refractivity contribution < 1.29 is 13.2 Å². The monoisotopic (exact) mass is 334 g/mol. The Kier molecular flexibility index (Phi) is 6.86. The first kappa shape index (κ1) is 19.9. The van der Waals surface area contributed by atoms with Gasteiger partial charge in [-0.1, -0.05) is 13.8 Å². The first-order chi connectivity index (χ1) is 9.10. The summed E-state index contributed by atoms with van der Waals surface area (Å²) >= 11 is 0. The van der Waals surface area contributed by atoms with Crippen molar-refractivity contribution in [2.45, 2.75) is 31.2 Å². The summed E-state index contributed by atoms with van der Waals surface area (Å²) in [7, 11) is -3.25. The van der Waals surface area contributed by atoms with Gasteiger partial charge >= 0.3 is 0 Å². The third-order valence-corrected chi connectivity index (χ3v) is 4.77. The zero-order valence-electron chi connectivity index (χ0n) is 12.7. The van der Waals surface area contributed by atoms with E-state index in [0.29, 0.717) is 12.1 Å². The maximum Gasteiger partial charge on any atom is 0.251 e. The Labute approximate surface area is 132 Å². The minimum Gasteiger partial charge on any atom is -0.345 e. The summed E-state index contributed by atoms with van der Waals surface area (Å²) in [5.41, 5.74) is 5.64. The molecular weight excluding hydrogens is 312 g/mol. The number of nitrogens with two attached hydrogens (primary N) is 1. The van der Waals surface area contributed by atoms with Crippen LogP contribution in [0.1, 0.15) is 31.1 Å². The molecule has 1 aromatic rings. The Bertz CT molecular complexity index is 585. The maximum absolute atomic E-state index is 12.2. The van der Waals surface area contributed by atoms with Crippen LogP contribution in [0.25, 0.3) is 0 Å². The van der Waals surface area contributed by atoms with Crippen molar-refractivity contribution in [3.05, 3.63) is 29.8 Å². The lowest BCUT2D eigenvalue weighted by molar-refractivity contribution is 0.0883. The van der Waals surface area contributed by atoms with E-state index in [2.05, 4.69) is 5.32 Å². The summed E-state index contributed by atoms with van der Waals surface area (Å²) in [5.74, 6) is -0.0709. The van der Waals surface area contributed by atoms with Gasteiger partial charge in [0, 0.05) is 18.4 Å². The molecule has 0 fully saturated rings. The molecule has 1 unspecified atom stereocenters. The summed E-state index contributed by atoms with van der Waals surface area (Å²) in [6.07, 6.45) is 1.13. The molecule has 0 aliphatic carbocycles. The second kappa shape index (κ2) is 7.24. The summed E-state index contributed by atoms with van der Waals surface area (Å²) < 4.78 is 22.7. The fraction of sp³-hybridized carbons (Fsp3) is 0.500. The summed E-state index contributed by atoms with van der Waals surface area (Å²) in [6.45, 7) is 6.19. The molecule has 0 bridgehead atoms. The minimum atomic E-state index is -3.25. The molecule has 1 atom stereocenters. The molecule has 21 heavy (non-hydrogen) atoms. The van der Waals surface area contributed by atoms with Crippen LogP contribution in [0.2, 0.25) is 0 Å². The molecular formula is C14H23ClN2O3S. The number of nitrogens with one attached hydrogen (secondary N) is 1. The topological polar surface area (TPSA) is 89.3 Å². The third kappa shape index (κ3) is 4.98. The van der Waals surface area contributed by atoms with Gasteiger partial charge in [-0.3, -0.25) is 4.79 Å². The van der Waals surface area contributed by atoms with Crippen molar-refractivity contribution in [1.29, 1.82) is 0 Å². The van der Waals surface area contributed by atoms with Crippen molar-refractivity contribution >= 4 is 28.2 Å². The molecule has 7 heteroatoms. The third-order valence-electron chi connectivity index (χ3n) is 3.64. The van der Waals surface area contributed by atoms with E-state index in [0.717, 1.165) is 6.26 Å². The van der Waals surface area contributed by atoms with Gasteiger partial charge in [-0.05, 0) is 37.1 Å². The zero-order chi connectivity index (χ0) is 15.6. The molecule has 0 aliphatic heterocycles. The molecule has 0 saturated carbocycles. The number of carbonyl (C=O) groups excluding carboxylic acids is 1. The van der Waals surface area contributed by atoms with Crippen LogP contribution < -0.4 is 11.1 Å². The van der Waals surface area contributed by atoms with Crippen LogP contribution in [0.3, 0.4) is 0 Å². The van der Waals surface area contributed by atoms with Crippen molar-refractivity contribution in [3.63, 3.8) is 0 Å². The SMILES string of the molecule is CC(C)C(C)(CN)NC(=O)c1ccc(S(C)(=O)=O)cc1.Cl. The normalized spacial score (nSPS) is 14.2. The van der Waals surface area contributed by atoms with Crippen LogP contribution in [-0.4, -0.2) is 32.7 Å². The Morgan fingerprint density at radius 3 is 2.10 bits per heavy atom. The molecule has 0 aliphatic rings. The first-order valence-corrected chi connectivity index (χ1v) is 8.32. The van der Waals surface area contributed by atoms with Gasteiger partial charge in [-0.15, -0.1) is 12.4 Å². The van der Waals surface area contributed by atoms with E-state index >= 15 is 0 Å². The molecule has 0 radical (unpaired) electrons. The van der Waals surface area contributed by atoms with Crippen molar-refractivity contribution in [3.8, 4) is 0 Å². The Morgan fingerprint density at radius 1 is 1.29 bits per heavy atom. The average Bonchev–Trinajstić information content (AvgIpc) is 2.37. The van der Waals surface area contributed by atoms with Crippen molar-refractivity contribution in [2.24, 2.45) is 11.7 Å². The van der Waals surface area contributed by atoms with Crippen LogP contribution in [0.15, 0.2) is 29.2 Å². The largest absolute Gasteiger partial charge is 0.345 e. The van der Waals surface area contributed by atoms with Gasteiger partial charge in [0.2, 0.25) is 0 Å².